The zero-order valence-corrected chi connectivity index (χ0v) is 9.42. The van der Waals surface area contributed by atoms with Crippen LogP contribution in [-0.2, 0) is 0 Å². The average Bonchev–Trinajstić information content (AvgIpc) is 2.73. The molecule has 0 amide bonds. The van der Waals surface area contributed by atoms with Gasteiger partial charge in [-0.3, -0.25) is 0 Å². The van der Waals surface area contributed by atoms with E-state index in [1.807, 2.05) is 30.5 Å². The third-order valence-electron chi connectivity index (χ3n) is 1.91. The summed E-state index contributed by atoms with van der Waals surface area (Å²) >= 11 is 1.69. The smallest absolute Gasteiger partial charge is 0.263 e. The number of hydrogen-bond donors (Lipinski definition) is 1. The Hall–Kier alpha value is -1.89. The first-order valence-electron chi connectivity index (χ1n) is 4.52. The Bertz CT molecular complexity index is 489. The van der Waals surface area contributed by atoms with Crippen LogP contribution < -0.4 is 5.73 Å². The minimum absolute atomic E-state index is 0.164. The van der Waals surface area contributed by atoms with Gasteiger partial charge < -0.3 is 5.73 Å². The molecular formula is C9H10N6S. The zero-order chi connectivity index (χ0) is 11.4. The van der Waals surface area contributed by atoms with Gasteiger partial charge in [0, 0.05) is 4.90 Å². The summed E-state index contributed by atoms with van der Waals surface area (Å²) in [6, 6.07) is 7.98. The Morgan fingerprint density at radius 1 is 1.38 bits per heavy atom. The molecule has 1 heterocycles. The van der Waals surface area contributed by atoms with E-state index >= 15 is 0 Å². The van der Waals surface area contributed by atoms with Crippen LogP contribution in [0.2, 0.25) is 0 Å². The molecule has 0 atom stereocenters. The van der Waals surface area contributed by atoms with Crippen molar-refractivity contribution in [3.05, 3.63) is 29.8 Å². The number of nitrogen functional groups attached to an aromatic ring is 1. The Kier molecular flexibility index (Phi) is 3.16. The molecule has 0 aliphatic carbocycles. The van der Waals surface area contributed by atoms with Crippen molar-refractivity contribution >= 4 is 23.9 Å². The van der Waals surface area contributed by atoms with Crippen LogP contribution in [0.15, 0.2) is 34.3 Å². The minimum Gasteiger partial charge on any atom is -0.365 e. The maximum Gasteiger partial charge on any atom is 0.263 e. The largest absolute Gasteiger partial charge is 0.365 e. The molecule has 0 aliphatic heterocycles. The second kappa shape index (κ2) is 4.75. The second-order valence-electron chi connectivity index (χ2n) is 2.94. The third-order valence-corrected chi connectivity index (χ3v) is 2.65. The maximum absolute atomic E-state index is 5.46. The maximum atomic E-state index is 5.46. The lowest BCUT2D eigenvalue weighted by molar-refractivity contribution is 0.699. The van der Waals surface area contributed by atoms with Crippen molar-refractivity contribution in [1.29, 1.82) is 0 Å². The quantitative estimate of drug-likeness (QED) is 0.629. The summed E-state index contributed by atoms with van der Waals surface area (Å²) in [6.07, 6.45) is 3.68. The minimum atomic E-state index is 0.164. The fraction of sp³-hybridized carbons (Fsp3) is 0.111. The summed E-state index contributed by atoms with van der Waals surface area (Å²) in [5.41, 5.74) is 6.43. The van der Waals surface area contributed by atoms with Crippen LogP contribution in [-0.4, -0.2) is 32.8 Å². The number of tetrazole rings is 1. The Labute approximate surface area is 96.5 Å². The summed E-state index contributed by atoms with van der Waals surface area (Å²) in [6.45, 7) is 0. The van der Waals surface area contributed by atoms with Crippen LogP contribution in [0.5, 0.6) is 0 Å². The van der Waals surface area contributed by atoms with E-state index in [1.165, 1.54) is 9.69 Å². The Balaban J connectivity index is 2.14. The van der Waals surface area contributed by atoms with Crippen molar-refractivity contribution in [3.63, 3.8) is 0 Å². The van der Waals surface area contributed by atoms with E-state index < -0.39 is 0 Å². The van der Waals surface area contributed by atoms with Crippen LogP contribution in [0.4, 0.5) is 5.95 Å². The summed E-state index contributed by atoms with van der Waals surface area (Å²) < 4.78 is 0. The highest BCUT2D eigenvalue weighted by atomic mass is 32.2. The van der Waals surface area contributed by atoms with E-state index in [9.17, 15) is 0 Å². The molecule has 2 aromatic rings. The van der Waals surface area contributed by atoms with Gasteiger partial charge in [-0.2, -0.15) is 5.10 Å². The molecule has 0 fully saturated rings. The van der Waals surface area contributed by atoms with Crippen molar-refractivity contribution in [2.45, 2.75) is 4.90 Å². The topological polar surface area (TPSA) is 82.0 Å². The van der Waals surface area contributed by atoms with Crippen molar-refractivity contribution in [2.24, 2.45) is 5.10 Å². The van der Waals surface area contributed by atoms with Crippen LogP contribution >= 0.6 is 11.8 Å². The summed E-state index contributed by atoms with van der Waals surface area (Å²) in [4.78, 5) is 2.38. The van der Waals surface area contributed by atoms with Gasteiger partial charge in [-0.1, -0.05) is 22.0 Å². The first-order chi connectivity index (χ1) is 7.79. The number of nitrogens with zero attached hydrogens (tertiary/aromatic N) is 5. The van der Waals surface area contributed by atoms with Gasteiger partial charge in [0.25, 0.3) is 5.95 Å². The van der Waals surface area contributed by atoms with E-state index in [1.54, 1.807) is 18.0 Å². The molecule has 1 aromatic carbocycles. The summed E-state index contributed by atoms with van der Waals surface area (Å²) in [5, 5.41) is 14.5. The van der Waals surface area contributed by atoms with Gasteiger partial charge in [0.05, 0.1) is 6.21 Å². The first kappa shape index (κ1) is 10.6. The molecule has 0 radical (unpaired) electrons. The van der Waals surface area contributed by atoms with Gasteiger partial charge >= 0.3 is 0 Å². The van der Waals surface area contributed by atoms with Gasteiger partial charge in [-0.05, 0) is 34.4 Å². The third kappa shape index (κ3) is 2.37. The lowest BCUT2D eigenvalue weighted by Crippen LogP contribution is -1.99. The SMILES string of the molecule is CSc1ccc(C=Nn2nnnc2N)cc1. The standard InChI is InChI=1S/C9H10N6S/c1-16-8-4-2-7(3-5-8)6-11-15-9(10)12-13-14-15/h2-6H,1H3,(H2,10,12,14). The van der Waals surface area contributed by atoms with Gasteiger partial charge in [0.2, 0.25) is 0 Å². The fourth-order valence-electron chi connectivity index (χ4n) is 1.08. The predicted molar refractivity (Wildman–Crippen MR) is 63.4 cm³/mol. The molecule has 82 valence electrons. The van der Waals surface area contributed by atoms with E-state index in [2.05, 4.69) is 20.6 Å². The van der Waals surface area contributed by atoms with Gasteiger partial charge in [0.1, 0.15) is 0 Å². The second-order valence-corrected chi connectivity index (χ2v) is 3.82. The molecule has 0 aliphatic rings. The van der Waals surface area contributed by atoms with E-state index in [0.29, 0.717) is 0 Å². The summed E-state index contributed by atoms with van der Waals surface area (Å²) in [5.74, 6) is 0.164. The highest BCUT2D eigenvalue weighted by Crippen LogP contribution is 2.13. The number of nitrogens with two attached hydrogens (primary N) is 1. The molecule has 2 N–H and O–H groups in total. The lowest BCUT2D eigenvalue weighted by Gasteiger charge is -1.96. The fourth-order valence-corrected chi connectivity index (χ4v) is 1.49. The predicted octanol–water partition coefficient (Wildman–Crippen LogP) is 0.859. The van der Waals surface area contributed by atoms with Gasteiger partial charge in [-0.15, -0.1) is 11.8 Å². The van der Waals surface area contributed by atoms with Crippen molar-refractivity contribution < 1.29 is 0 Å². The normalized spacial score (nSPS) is 11.1. The van der Waals surface area contributed by atoms with Crippen LogP contribution in [0.1, 0.15) is 5.56 Å². The highest BCUT2D eigenvalue weighted by Gasteiger charge is 1.96. The molecule has 0 bridgehead atoms. The lowest BCUT2D eigenvalue weighted by atomic mass is 10.2. The molecule has 0 saturated carbocycles. The van der Waals surface area contributed by atoms with E-state index in [-0.39, 0.29) is 5.95 Å². The number of anilines is 1. The first-order valence-corrected chi connectivity index (χ1v) is 5.74. The monoisotopic (exact) mass is 234 g/mol. The number of rotatable bonds is 3. The van der Waals surface area contributed by atoms with Crippen molar-refractivity contribution in [1.82, 2.24) is 20.3 Å². The van der Waals surface area contributed by atoms with Crippen molar-refractivity contribution in [3.8, 4) is 0 Å². The molecule has 0 unspecified atom stereocenters. The average molecular weight is 234 g/mol. The number of aromatic nitrogens is 4. The molecule has 2 rings (SSSR count). The van der Waals surface area contributed by atoms with Crippen LogP contribution in [0.3, 0.4) is 0 Å². The highest BCUT2D eigenvalue weighted by molar-refractivity contribution is 7.98. The Morgan fingerprint density at radius 2 is 2.12 bits per heavy atom. The molecule has 16 heavy (non-hydrogen) atoms. The molecule has 0 spiro atoms. The number of hydrogen-bond acceptors (Lipinski definition) is 6. The molecule has 0 saturated heterocycles. The number of benzene rings is 1. The summed E-state index contributed by atoms with van der Waals surface area (Å²) in [7, 11) is 0. The van der Waals surface area contributed by atoms with Gasteiger partial charge in [0.15, 0.2) is 0 Å². The van der Waals surface area contributed by atoms with Crippen LogP contribution in [0, 0.1) is 0 Å². The number of thioether (sulfide) groups is 1. The van der Waals surface area contributed by atoms with Crippen LogP contribution in [0.25, 0.3) is 0 Å². The van der Waals surface area contributed by atoms with E-state index in [4.69, 9.17) is 5.73 Å². The molecule has 7 heteroatoms. The Morgan fingerprint density at radius 3 is 2.69 bits per heavy atom. The molecule has 6 nitrogen and oxygen atoms in total. The van der Waals surface area contributed by atoms with Gasteiger partial charge in [-0.25, -0.2) is 0 Å². The zero-order valence-electron chi connectivity index (χ0n) is 8.61. The molecular weight excluding hydrogens is 224 g/mol. The molecule has 1 aromatic heterocycles. The van der Waals surface area contributed by atoms with E-state index in [0.717, 1.165) is 5.56 Å². The van der Waals surface area contributed by atoms with Crippen molar-refractivity contribution in [2.75, 3.05) is 12.0 Å².